The highest BCUT2D eigenvalue weighted by Gasteiger charge is 2.08. The molecule has 104 valence electrons. The molecule has 21 heavy (non-hydrogen) atoms. The second-order valence-electron chi connectivity index (χ2n) is 4.65. The van der Waals surface area contributed by atoms with Crippen molar-refractivity contribution in [2.75, 3.05) is 5.73 Å². The monoisotopic (exact) mass is 278 g/mol. The lowest BCUT2D eigenvalue weighted by Crippen LogP contribution is -2.24. The first-order chi connectivity index (χ1) is 10.2. The van der Waals surface area contributed by atoms with Gasteiger partial charge in [0.1, 0.15) is 5.69 Å². The second kappa shape index (κ2) is 5.58. The molecule has 0 saturated heterocycles. The van der Waals surface area contributed by atoms with Crippen molar-refractivity contribution in [1.82, 2.24) is 15.3 Å². The van der Waals surface area contributed by atoms with Crippen LogP contribution in [0.15, 0.2) is 54.9 Å². The molecule has 0 aliphatic rings. The van der Waals surface area contributed by atoms with Crippen LogP contribution < -0.4 is 11.1 Å². The predicted molar refractivity (Wildman–Crippen MR) is 81.6 cm³/mol. The fraction of sp³-hybridized carbons (Fsp3) is 0.0625. The van der Waals surface area contributed by atoms with E-state index in [1.165, 1.54) is 6.20 Å². The van der Waals surface area contributed by atoms with Crippen molar-refractivity contribution in [2.24, 2.45) is 0 Å². The van der Waals surface area contributed by atoms with E-state index in [0.29, 0.717) is 17.9 Å². The van der Waals surface area contributed by atoms with E-state index >= 15 is 0 Å². The molecule has 0 spiro atoms. The fourth-order valence-electron chi connectivity index (χ4n) is 2.12. The topological polar surface area (TPSA) is 80.9 Å². The van der Waals surface area contributed by atoms with Crippen LogP contribution in [-0.4, -0.2) is 15.9 Å². The van der Waals surface area contributed by atoms with Crippen molar-refractivity contribution in [3.8, 4) is 0 Å². The molecule has 3 N–H and O–H groups in total. The Bertz CT molecular complexity index is 778. The van der Waals surface area contributed by atoms with Crippen molar-refractivity contribution in [2.45, 2.75) is 6.54 Å². The maximum Gasteiger partial charge on any atom is 0.270 e. The number of hydrogen-bond donors (Lipinski definition) is 2. The highest BCUT2D eigenvalue weighted by Crippen LogP contribution is 2.15. The molecule has 0 saturated carbocycles. The van der Waals surface area contributed by atoms with Gasteiger partial charge in [-0.2, -0.15) is 0 Å². The Hall–Kier alpha value is -2.95. The van der Waals surface area contributed by atoms with E-state index in [1.54, 1.807) is 18.3 Å². The quantitative estimate of drug-likeness (QED) is 0.769. The molecule has 0 fully saturated rings. The van der Waals surface area contributed by atoms with Gasteiger partial charge in [-0.3, -0.25) is 9.78 Å². The van der Waals surface area contributed by atoms with Crippen LogP contribution in [0.2, 0.25) is 0 Å². The highest BCUT2D eigenvalue weighted by molar-refractivity contribution is 5.92. The van der Waals surface area contributed by atoms with E-state index in [2.05, 4.69) is 15.3 Å². The van der Waals surface area contributed by atoms with Gasteiger partial charge in [0.2, 0.25) is 0 Å². The summed E-state index contributed by atoms with van der Waals surface area (Å²) in [5, 5.41) is 3.90. The molecular weight excluding hydrogens is 264 g/mol. The molecule has 5 nitrogen and oxygen atoms in total. The Labute approximate surface area is 121 Å². The minimum absolute atomic E-state index is 0.233. The van der Waals surface area contributed by atoms with E-state index in [1.807, 2.05) is 30.3 Å². The largest absolute Gasteiger partial charge is 0.397 e. The maximum absolute atomic E-state index is 12.0. The number of nitrogens with two attached hydrogens (primary N) is 1. The van der Waals surface area contributed by atoms with Gasteiger partial charge in [0, 0.05) is 18.1 Å². The molecule has 0 atom stereocenters. The molecule has 0 aliphatic carbocycles. The van der Waals surface area contributed by atoms with Crippen LogP contribution >= 0.6 is 0 Å². The SMILES string of the molecule is Nc1ccc(C(=O)NCc2cccc3cccnc23)nc1. The number of carbonyl (C=O) groups excluding carboxylic acids is 1. The van der Waals surface area contributed by atoms with Crippen molar-refractivity contribution in [3.63, 3.8) is 0 Å². The zero-order valence-corrected chi connectivity index (χ0v) is 11.3. The van der Waals surface area contributed by atoms with E-state index in [4.69, 9.17) is 5.73 Å². The molecule has 3 aromatic rings. The van der Waals surface area contributed by atoms with Gasteiger partial charge < -0.3 is 11.1 Å². The molecule has 2 heterocycles. The molecule has 0 radical (unpaired) electrons. The summed E-state index contributed by atoms with van der Waals surface area (Å²) >= 11 is 0. The van der Waals surface area contributed by atoms with E-state index < -0.39 is 0 Å². The van der Waals surface area contributed by atoms with Crippen LogP contribution in [-0.2, 0) is 6.54 Å². The minimum Gasteiger partial charge on any atom is -0.397 e. The summed E-state index contributed by atoms with van der Waals surface area (Å²) in [7, 11) is 0. The number of fused-ring (bicyclic) bond motifs is 1. The van der Waals surface area contributed by atoms with Crippen LogP contribution in [0.5, 0.6) is 0 Å². The van der Waals surface area contributed by atoms with E-state index in [-0.39, 0.29) is 5.91 Å². The van der Waals surface area contributed by atoms with Crippen LogP contribution in [0.25, 0.3) is 10.9 Å². The molecule has 1 amide bonds. The lowest BCUT2D eigenvalue weighted by atomic mass is 10.1. The number of nitrogens with zero attached hydrogens (tertiary/aromatic N) is 2. The third-order valence-electron chi connectivity index (χ3n) is 3.17. The highest BCUT2D eigenvalue weighted by atomic mass is 16.1. The number of carbonyl (C=O) groups is 1. The normalized spacial score (nSPS) is 10.5. The first-order valence-electron chi connectivity index (χ1n) is 6.56. The average molecular weight is 278 g/mol. The number of nitrogen functional groups attached to an aromatic ring is 1. The minimum atomic E-state index is -0.233. The zero-order valence-electron chi connectivity index (χ0n) is 11.3. The van der Waals surface area contributed by atoms with Gasteiger partial charge in [0.25, 0.3) is 5.91 Å². The van der Waals surface area contributed by atoms with E-state index in [9.17, 15) is 4.79 Å². The Morgan fingerprint density at radius 2 is 1.95 bits per heavy atom. The Morgan fingerprint density at radius 3 is 2.76 bits per heavy atom. The molecular formula is C16H14N4O. The van der Waals surface area contributed by atoms with Crippen LogP contribution in [0.1, 0.15) is 16.1 Å². The molecule has 5 heteroatoms. The van der Waals surface area contributed by atoms with Crippen LogP contribution in [0, 0.1) is 0 Å². The number of pyridine rings is 2. The van der Waals surface area contributed by atoms with Crippen molar-refractivity contribution < 1.29 is 4.79 Å². The van der Waals surface area contributed by atoms with E-state index in [0.717, 1.165) is 16.5 Å². The molecule has 1 aromatic carbocycles. The zero-order chi connectivity index (χ0) is 14.7. The third-order valence-corrected chi connectivity index (χ3v) is 3.17. The number of amides is 1. The first-order valence-corrected chi connectivity index (χ1v) is 6.56. The van der Waals surface area contributed by atoms with Gasteiger partial charge >= 0.3 is 0 Å². The summed E-state index contributed by atoms with van der Waals surface area (Å²) in [6.45, 7) is 0.402. The number of hydrogen-bond acceptors (Lipinski definition) is 4. The van der Waals surface area contributed by atoms with Gasteiger partial charge in [0.05, 0.1) is 17.4 Å². The van der Waals surface area contributed by atoms with Gasteiger partial charge in [0.15, 0.2) is 0 Å². The third kappa shape index (κ3) is 2.81. The molecule has 2 aromatic heterocycles. The van der Waals surface area contributed by atoms with Gasteiger partial charge in [-0.25, -0.2) is 4.98 Å². The molecule has 0 unspecified atom stereocenters. The van der Waals surface area contributed by atoms with Crippen molar-refractivity contribution >= 4 is 22.5 Å². The number of nitrogens with one attached hydrogen (secondary N) is 1. The lowest BCUT2D eigenvalue weighted by molar-refractivity contribution is 0.0946. The standard InChI is InChI=1S/C16H14N4O/c17-13-6-7-14(19-10-13)16(21)20-9-12-4-1-3-11-5-2-8-18-15(11)12/h1-8,10H,9,17H2,(H,20,21). The first kappa shape index (κ1) is 13.1. The molecule has 3 rings (SSSR count). The Kier molecular flexibility index (Phi) is 3.47. The van der Waals surface area contributed by atoms with Crippen molar-refractivity contribution in [3.05, 3.63) is 66.1 Å². The Balaban J connectivity index is 1.77. The predicted octanol–water partition coefficient (Wildman–Crippen LogP) is 2.14. The summed E-state index contributed by atoms with van der Waals surface area (Å²) in [4.78, 5) is 20.4. The van der Waals surface area contributed by atoms with Gasteiger partial charge in [-0.1, -0.05) is 24.3 Å². The second-order valence-corrected chi connectivity index (χ2v) is 4.65. The summed E-state index contributed by atoms with van der Waals surface area (Å²) in [6, 6.07) is 13.0. The average Bonchev–Trinajstić information content (AvgIpc) is 2.53. The number of anilines is 1. The fourth-order valence-corrected chi connectivity index (χ4v) is 2.12. The van der Waals surface area contributed by atoms with Crippen LogP contribution in [0.4, 0.5) is 5.69 Å². The smallest absolute Gasteiger partial charge is 0.270 e. The summed E-state index contributed by atoms with van der Waals surface area (Å²) in [5.74, 6) is -0.233. The maximum atomic E-state index is 12.0. The van der Waals surface area contributed by atoms with Gasteiger partial charge in [-0.15, -0.1) is 0 Å². The summed E-state index contributed by atoms with van der Waals surface area (Å²) < 4.78 is 0. The molecule has 0 aliphatic heterocycles. The molecule has 0 bridgehead atoms. The van der Waals surface area contributed by atoms with Crippen LogP contribution in [0.3, 0.4) is 0 Å². The summed E-state index contributed by atoms with van der Waals surface area (Å²) in [5.41, 5.74) is 8.29. The van der Waals surface area contributed by atoms with Gasteiger partial charge in [-0.05, 0) is 23.8 Å². The summed E-state index contributed by atoms with van der Waals surface area (Å²) in [6.07, 6.45) is 3.21. The lowest BCUT2D eigenvalue weighted by Gasteiger charge is -2.07. The number of rotatable bonds is 3. The van der Waals surface area contributed by atoms with Crippen molar-refractivity contribution in [1.29, 1.82) is 0 Å². The Morgan fingerprint density at radius 1 is 1.10 bits per heavy atom. The number of para-hydroxylation sites is 1. The number of benzene rings is 1. The number of aromatic nitrogens is 2.